The van der Waals surface area contributed by atoms with Crippen molar-refractivity contribution in [3.05, 3.63) is 40.4 Å². The number of benzene rings is 1. The summed E-state index contributed by atoms with van der Waals surface area (Å²) >= 11 is 0. The molecule has 5 nitrogen and oxygen atoms in total. The van der Waals surface area contributed by atoms with Crippen molar-refractivity contribution < 1.29 is 4.79 Å². The second kappa shape index (κ2) is 7.16. The first kappa shape index (κ1) is 16.7. The largest absolute Gasteiger partial charge is 0.353 e. The Balaban J connectivity index is 1.68. The SMILES string of the molecule is C[C@H]1CCCC[C@H]1NC(=O)CCc1nc2ccccc2c(=O)n1C. The fourth-order valence-electron chi connectivity index (χ4n) is 3.52. The van der Waals surface area contributed by atoms with E-state index < -0.39 is 0 Å². The average Bonchev–Trinajstić information content (AvgIpc) is 2.59. The first-order chi connectivity index (χ1) is 11.6. The van der Waals surface area contributed by atoms with Gasteiger partial charge in [-0.2, -0.15) is 0 Å². The number of fused-ring (bicyclic) bond motifs is 1. The zero-order valence-corrected chi connectivity index (χ0v) is 14.4. The quantitative estimate of drug-likeness (QED) is 0.938. The van der Waals surface area contributed by atoms with Gasteiger partial charge >= 0.3 is 0 Å². The summed E-state index contributed by atoms with van der Waals surface area (Å²) in [6, 6.07) is 7.62. The highest BCUT2D eigenvalue weighted by Gasteiger charge is 2.22. The monoisotopic (exact) mass is 327 g/mol. The molecule has 2 atom stereocenters. The van der Waals surface area contributed by atoms with Gasteiger partial charge in [-0.3, -0.25) is 14.2 Å². The number of hydrogen-bond acceptors (Lipinski definition) is 3. The highest BCUT2D eigenvalue weighted by atomic mass is 16.1. The summed E-state index contributed by atoms with van der Waals surface area (Å²) in [4.78, 5) is 29.2. The molecule has 1 aliphatic carbocycles. The van der Waals surface area contributed by atoms with E-state index in [9.17, 15) is 9.59 Å². The average molecular weight is 327 g/mol. The standard InChI is InChI=1S/C19H25N3O2/c1-13-7-3-5-9-15(13)21-18(23)12-11-17-20-16-10-6-4-8-14(16)19(24)22(17)2/h4,6,8,10,13,15H,3,5,7,9,11-12H2,1-2H3,(H,21,23)/t13-,15+/m0/s1. The first-order valence-corrected chi connectivity index (χ1v) is 8.80. The molecule has 1 amide bonds. The molecule has 1 saturated carbocycles. The van der Waals surface area contributed by atoms with Crippen LogP contribution in [0.15, 0.2) is 29.1 Å². The number of amides is 1. The molecule has 1 fully saturated rings. The van der Waals surface area contributed by atoms with Crippen LogP contribution >= 0.6 is 0 Å². The van der Waals surface area contributed by atoms with E-state index in [1.807, 2.05) is 18.2 Å². The third kappa shape index (κ3) is 3.50. The maximum Gasteiger partial charge on any atom is 0.261 e. The van der Waals surface area contributed by atoms with Crippen molar-refractivity contribution in [3.63, 3.8) is 0 Å². The smallest absolute Gasteiger partial charge is 0.261 e. The second-order valence-electron chi connectivity index (χ2n) is 6.85. The van der Waals surface area contributed by atoms with Crippen LogP contribution in [0.5, 0.6) is 0 Å². The Hall–Kier alpha value is -2.17. The van der Waals surface area contributed by atoms with Crippen LogP contribution in [0.3, 0.4) is 0 Å². The summed E-state index contributed by atoms with van der Waals surface area (Å²) in [5.41, 5.74) is 0.633. The number of rotatable bonds is 4. The van der Waals surface area contributed by atoms with Crippen LogP contribution in [0.25, 0.3) is 10.9 Å². The van der Waals surface area contributed by atoms with Gasteiger partial charge in [0, 0.05) is 25.9 Å². The number of nitrogens with one attached hydrogen (secondary N) is 1. The van der Waals surface area contributed by atoms with E-state index in [1.54, 1.807) is 17.7 Å². The minimum Gasteiger partial charge on any atom is -0.353 e. The Morgan fingerprint density at radius 2 is 2.04 bits per heavy atom. The Morgan fingerprint density at radius 3 is 2.83 bits per heavy atom. The highest BCUT2D eigenvalue weighted by Crippen LogP contribution is 2.23. The van der Waals surface area contributed by atoms with Crippen LogP contribution in [-0.2, 0) is 18.3 Å². The molecule has 1 heterocycles. The van der Waals surface area contributed by atoms with Gasteiger partial charge in [0.05, 0.1) is 10.9 Å². The third-order valence-corrected chi connectivity index (χ3v) is 5.11. The summed E-state index contributed by atoms with van der Waals surface area (Å²) in [7, 11) is 1.72. The number of aryl methyl sites for hydroxylation is 1. The molecule has 128 valence electrons. The minimum absolute atomic E-state index is 0.0520. The summed E-state index contributed by atoms with van der Waals surface area (Å²) in [5, 5.41) is 3.77. The third-order valence-electron chi connectivity index (χ3n) is 5.11. The number of aromatic nitrogens is 2. The van der Waals surface area contributed by atoms with Crippen molar-refractivity contribution in [2.45, 2.75) is 51.5 Å². The lowest BCUT2D eigenvalue weighted by atomic mass is 9.86. The van der Waals surface area contributed by atoms with Gasteiger partial charge in [-0.05, 0) is 30.9 Å². The van der Waals surface area contributed by atoms with E-state index >= 15 is 0 Å². The summed E-state index contributed by atoms with van der Waals surface area (Å²) in [6.45, 7) is 2.21. The fourth-order valence-corrected chi connectivity index (χ4v) is 3.52. The molecule has 0 aliphatic heterocycles. The van der Waals surface area contributed by atoms with Crippen LogP contribution in [0.1, 0.15) is 44.9 Å². The molecule has 5 heteroatoms. The molecule has 1 aliphatic rings. The normalized spacial score (nSPS) is 20.9. The number of nitrogens with zero attached hydrogens (tertiary/aromatic N) is 2. The van der Waals surface area contributed by atoms with Gasteiger partial charge < -0.3 is 5.32 Å². The molecule has 1 aromatic heterocycles. The Labute approximate surface area is 142 Å². The highest BCUT2D eigenvalue weighted by molar-refractivity contribution is 5.78. The van der Waals surface area contributed by atoms with Crippen molar-refractivity contribution in [2.24, 2.45) is 13.0 Å². The van der Waals surface area contributed by atoms with Crippen LogP contribution in [0, 0.1) is 5.92 Å². The number of carbonyl (C=O) groups is 1. The Bertz CT molecular complexity index is 797. The molecule has 0 spiro atoms. The van der Waals surface area contributed by atoms with Gasteiger partial charge in [-0.1, -0.05) is 31.9 Å². The maximum absolute atomic E-state index is 12.4. The predicted octanol–water partition coefficient (Wildman–Crippen LogP) is 2.56. The van der Waals surface area contributed by atoms with Crippen molar-refractivity contribution >= 4 is 16.8 Å². The van der Waals surface area contributed by atoms with Crippen molar-refractivity contribution in [1.82, 2.24) is 14.9 Å². The molecule has 0 unspecified atom stereocenters. The number of hydrogen-bond donors (Lipinski definition) is 1. The van der Waals surface area contributed by atoms with Gasteiger partial charge in [-0.15, -0.1) is 0 Å². The number of carbonyl (C=O) groups excluding carboxylic acids is 1. The topological polar surface area (TPSA) is 64.0 Å². The van der Waals surface area contributed by atoms with Gasteiger partial charge in [0.1, 0.15) is 5.82 Å². The Kier molecular flexibility index (Phi) is 4.97. The number of para-hydroxylation sites is 1. The molecule has 1 N–H and O–H groups in total. The van der Waals surface area contributed by atoms with Crippen LogP contribution in [-0.4, -0.2) is 21.5 Å². The Morgan fingerprint density at radius 1 is 1.29 bits per heavy atom. The molecule has 0 saturated heterocycles. The van der Waals surface area contributed by atoms with E-state index in [1.165, 1.54) is 19.3 Å². The van der Waals surface area contributed by atoms with Crippen LogP contribution < -0.4 is 10.9 Å². The lowest BCUT2D eigenvalue weighted by molar-refractivity contribution is -0.122. The summed E-state index contributed by atoms with van der Waals surface area (Å²) in [5.74, 6) is 1.26. The molecule has 0 radical (unpaired) electrons. The van der Waals surface area contributed by atoms with Gasteiger partial charge in [0.15, 0.2) is 0 Å². The summed E-state index contributed by atoms with van der Waals surface area (Å²) in [6.07, 6.45) is 5.54. The van der Waals surface area contributed by atoms with Crippen LogP contribution in [0.4, 0.5) is 0 Å². The second-order valence-corrected chi connectivity index (χ2v) is 6.85. The lowest BCUT2D eigenvalue weighted by Crippen LogP contribution is -2.41. The van der Waals surface area contributed by atoms with Crippen LogP contribution in [0.2, 0.25) is 0 Å². The first-order valence-electron chi connectivity index (χ1n) is 8.80. The molecule has 1 aromatic carbocycles. The summed E-state index contributed by atoms with van der Waals surface area (Å²) < 4.78 is 1.55. The van der Waals surface area contributed by atoms with Gasteiger partial charge in [0.25, 0.3) is 5.56 Å². The van der Waals surface area contributed by atoms with E-state index in [2.05, 4.69) is 17.2 Å². The van der Waals surface area contributed by atoms with E-state index in [4.69, 9.17) is 0 Å². The minimum atomic E-state index is -0.0584. The fraction of sp³-hybridized carbons (Fsp3) is 0.526. The van der Waals surface area contributed by atoms with E-state index in [0.29, 0.717) is 41.5 Å². The zero-order chi connectivity index (χ0) is 17.1. The van der Waals surface area contributed by atoms with Crippen molar-refractivity contribution in [3.8, 4) is 0 Å². The molecular weight excluding hydrogens is 302 g/mol. The molecule has 2 aromatic rings. The van der Waals surface area contributed by atoms with Gasteiger partial charge in [-0.25, -0.2) is 4.98 Å². The van der Waals surface area contributed by atoms with E-state index in [0.717, 1.165) is 6.42 Å². The lowest BCUT2D eigenvalue weighted by Gasteiger charge is -2.29. The molecule has 24 heavy (non-hydrogen) atoms. The van der Waals surface area contributed by atoms with E-state index in [-0.39, 0.29) is 11.5 Å². The predicted molar refractivity (Wildman–Crippen MR) is 94.9 cm³/mol. The zero-order valence-electron chi connectivity index (χ0n) is 14.4. The van der Waals surface area contributed by atoms with Gasteiger partial charge in [0.2, 0.25) is 5.91 Å². The maximum atomic E-state index is 12.4. The molecule has 3 rings (SSSR count). The van der Waals surface area contributed by atoms with Crippen molar-refractivity contribution in [2.75, 3.05) is 0 Å². The van der Waals surface area contributed by atoms with Crippen molar-refractivity contribution in [1.29, 1.82) is 0 Å². The molecular formula is C19H25N3O2. The molecule has 0 bridgehead atoms.